The van der Waals surface area contributed by atoms with Crippen LogP contribution in [0.2, 0.25) is 0 Å². The van der Waals surface area contributed by atoms with Crippen molar-refractivity contribution in [2.75, 3.05) is 6.54 Å². The number of benzene rings is 1. The lowest BCUT2D eigenvalue weighted by Crippen LogP contribution is -2.43. The number of phenolic OH excluding ortho intramolecular Hbond substituents is 1. The molecule has 4 heteroatoms. The molecule has 1 aromatic rings. The van der Waals surface area contributed by atoms with Crippen molar-refractivity contribution in [1.29, 1.82) is 0 Å². The van der Waals surface area contributed by atoms with Crippen molar-refractivity contribution >= 4 is 5.91 Å². The number of hydrogen-bond donors (Lipinski definition) is 3. The maximum Gasteiger partial charge on any atom is 0.223 e. The van der Waals surface area contributed by atoms with E-state index in [0.29, 0.717) is 17.4 Å². The third kappa shape index (κ3) is 4.73. The first kappa shape index (κ1) is 18.8. The maximum absolute atomic E-state index is 12.7. The number of aliphatic hydroxyl groups excluding tert-OH is 1. The molecule has 134 valence electrons. The Labute approximate surface area is 145 Å². The first-order chi connectivity index (χ1) is 11.2. The van der Waals surface area contributed by atoms with Crippen LogP contribution in [0.5, 0.6) is 5.75 Å². The molecule has 3 N–H and O–H groups in total. The van der Waals surface area contributed by atoms with Gasteiger partial charge in [-0.25, -0.2) is 0 Å². The minimum atomic E-state index is -0.810. The Hall–Kier alpha value is -1.55. The first-order valence-corrected chi connectivity index (χ1v) is 8.94. The third-order valence-electron chi connectivity index (χ3n) is 5.36. The lowest BCUT2D eigenvalue weighted by atomic mass is 9.64. The second kappa shape index (κ2) is 7.56. The van der Waals surface area contributed by atoms with Crippen LogP contribution in [0.3, 0.4) is 0 Å². The molecule has 1 amide bonds. The van der Waals surface area contributed by atoms with Crippen LogP contribution in [0.1, 0.15) is 58.6 Å². The van der Waals surface area contributed by atoms with E-state index in [2.05, 4.69) is 33.0 Å². The molecule has 3 unspecified atom stereocenters. The van der Waals surface area contributed by atoms with Gasteiger partial charge in [-0.3, -0.25) is 4.79 Å². The summed E-state index contributed by atoms with van der Waals surface area (Å²) in [4.78, 5) is 12.7. The predicted molar refractivity (Wildman–Crippen MR) is 95.5 cm³/mol. The van der Waals surface area contributed by atoms with Crippen molar-refractivity contribution in [3.05, 3.63) is 29.8 Å². The molecule has 0 spiro atoms. The Morgan fingerprint density at radius 1 is 1.38 bits per heavy atom. The highest BCUT2D eigenvalue weighted by molar-refractivity contribution is 5.79. The van der Waals surface area contributed by atoms with Crippen molar-refractivity contribution < 1.29 is 15.0 Å². The van der Waals surface area contributed by atoms with Gasteiger partial charge in [-0.2, -0.15) is 0 Å². The van der Waals surface area contributed by atoms with Crippen LogP contribution in [0, 0.1) is 23.2 Å². The number of aromatic hydroxyl groups is 1. The summed E-state index contributed by atoms with van der Waals surface area (Å²) in [6.45, 7) is 9.00. The molecule has 1 aliphatic rings. The Morgan fingerprint density at radius 3 is 2.71 bits per heavy atom. The summed E-state index contributed by atoms with van der Waals surface area (Å²) in [5.74, 6) is 1.04. The van der Waals surface area contributed by atoms with Crippen LogP contribution in [0.15, 0.2) is 24.3 Å². The van der Waals surface area contributed by atoms with Gasteiger partial charge in [0.15, 0.2) is 0 Å². The van der Waals surface area contributed by atoms with Crippen molar-refractivity contribution in [3.63, 3.8) is 0 Å². The number of nitrogens with one attached hydrogen (secondary N) is 1. The van der Waals surface area contributed by atoms with Gasteiger partial charge in [0.05, 0.1) is 6.10 Å². The van der Waals surface area contributed by atoms with Crippen molar-refractivity contribution in [3.8, 4) is 5.75 Å². The highest BCUT2D eigenvalue weighted by Gasteiger charge is 2.39. The summed E-state index contributed by atoms with van der Waals surface area (Å²) in [7, 11) is 0. The maximum atomic E-state index is 12.7. The summed E-state index contributed by atoms with van der Waals surface area (Å²) in [5.41, 5.74) is 0.803. The van der Waals surface area contributed by atoms with E-state index in [1.807, 2.05) is 0 Å². The fraction of sp³-hybridized carbons (Fsp3) is 0.650. The fourth-order valence-corrected chi connectivity index (χ4v) is 3.87. The van der Waals surface area contributed by atoms with Gasteiger partial charge in [0, 0.05) is 12.5 Å². The number of hydrogen-bond acceptors (Lipinski definition) is 3. The quantitative estimate of drug-likeness (QED) is 0.770. The Morgan fingerprint density at radius 2 is 2.08 bits per heavy atom. The van der Waals surface area contributed by atoms with E-state index in [4.69, 9.17) is 0 Å². The van der Waals surface area contributed by atoms with Crippen LogP contribution in [0.25, 0.3) is 0 Å². The summed E-state index contributed by atoms with van der Waals surface area (Å²) >= 11 is 0. The minimum Gasteiger partial charge on any atom is -0.508 e. The molecule has 1 aromatic carbocycles. The molecule has 0 radical (unpaired) electrons. The standard InChI is InChI=1S/C20H31NO3/c1-13(2)16-8-9-20(3,4)11-17(16)19(24)21-12-18(23)14-6-5-7-15(22)10-14/h5-7,10,13,16-18,22-23H,8-9,11-12H2,1-4H3,(H,21,24). The average molecular weight is 333 g/mol. The molecule has 3 atom stereocenters. The monoisotopic (exact) mass is 333 g/mol. The largest absolute Gasteiger partial charge is 0.508 e. The molecule has 24 heavy (non-hydrogen) atoms. The topological polar surface area (TPSA) is 69.6 Å². The highest BCUT2D eigenvalue weighted by atomic mass is 16.3. The molecular weight excluding hydrogens is 302 g/mol. The third-order valence-corrected chi connectivity index (χ3v) is 5.36. The van der Waals surface area contributed by atoms with Gasteiger partial charge < -0.3 is 15.5 Å². The van der Waals surface area contributed by atoms with Gasteiger partial charge in [0.25, 0.3) is 0 Å². The zero-order valence-corrected chi connectivity index (χ0v) is 15.2. The van der Waals surface area contributed by atoms with Gasteiger partial charge in [0.2, 0.25) is 5.91 Å². The number of carbonyl (C=O) groups excluding carboxylic acids is 1. The lowest BCUT2D eigenvalue weighted by molar-refractivity contribution is -0.131. The van der Waals surface area contributed by atoms with Crippen LogP contribution >= 0.6 is 0 Å². The van der Waals surface area contributed by atoms with E-state index < -0.39 is 6.10 Å². The van der Waals surface area contributed by atoms with Crippen LogP contribution in [-0.4, -0.2) is 22.7 Å². The number of rotatable bonds is 5. The molecule has 1 fully saturated rings. The van der Waals surface area contributed by atoms with Crippen LogP contribution < -0.4 is 5.32 Å². The number of carbonyl (C=O) groups is 1. The first-order valence-electron chi connectivity index (χ1n) is 8.94. The van der Waals surface area contributed by atoms with Gasteiger partial charge in [0.1, 0.15) is 5.75 Å². The molecule has 0 aliphatic heterocycles. The SMILES string of the molecule is CC(C)C1CCC(C)(C)CC1C(=O)NCC(O)c1cccc(O)c1. The molecule has 0 aromatic heterocycles. The zero-order chi connectivity index (χ0) is 17.9. The van der Waals surface area contributed by atoms with Gasteiger partial charge >= 0.3 is 0 Å². The smallest absolute Gasteiger partial charge is 0.223 e. The normalized spacial score (nSPS) is 24.6. The minimum absolute atomic E-state index is 0.00475. The molecule has 2 rings (SSSR count). The number of phenols is 1. The van der Waals surface area contributed by atoms with E-state index >= 15 is 0 Å². The van der Waals surface area contributed by atoms with Crippen LogP contribution in [-0.2, 0) is 4.79 Å². The van der Waals surface area contributed by atoms with E-state index in [1.54, 1.807) is 18.2 Å². The Bertz CT molecular complexity index is 568. The zero-order valence-electron chi connectivity index (χ0n) is 15.2. The molecule has 0 bridgehead atoms. The Kier molecular flexibility index (Phi) is 5.92. The molecule has 0 saturated heterocycles. The summed E-state index contributed by atoms with van der Waals surface area (Å²) in [5, 5.41) is 22.7. The number of amides is 1. The van der Waals surface area contributed by atoms with Crippen molar-refractivity contribution in [1.82, 2.24) is 5.32 Å². The molecule has 1 aliphatic carbocycles. The van der Waals surface area contributed by atoms with E-state index in [1.165, 1.54) is 6.07 Å². The molecular formula is C20H31NO3. The lowest BCUT2D eigenvalue weighted by Gasteiger charge is -2.41. The molecule has 1 saturated carbocycles. The Balaban J connectivity index is 1.99. The van der Waals surface area contributed by atoms with Gasteiger partial charge in [-0.05, 0) is 54.2 Å². The number of aliphatic hydroxyl groups is 1. The van der Waals surface area contributed by atoms with Crippen LogP contribution in [0.4, 0.5) is 0 Å². The van der Waals surface area contributed by atoms with E-state index in [9.17, 15) is 15.0 Å². The van der Waals surface area contributed by atoms with Crippen molar-refractivity contribution in [2.45, 2.75) is 53.1 Å². The summed E-state index contributed by atoms with van der Waals surface area (Å²) < 4.78 is 0. The molecule has 0 heterocycles. The van der Waals surface area contributed by atoms with Crippen molar-refractivity contribution in [2.24, 2.45) is 23.2 Å². The second-order valence-corrected chi connectivity index (χ2v) is 8.28. The second-order valence-electron chi connectivity index (χ2n) is 8.28. The summed E-state index contributed by atoms with van der Waals surface area (Å²) in [6, 6.07) is 6.52. The van der Waals surface area contributed by atoms with E-state index in [-0.39, 0.29) is 29.5 Å². The van der Waals surface area contributed by atoms with Gasteiger partial charge in [-0.15, -0.1) is 0 Å². The van der Waals surface area contributed by atoms with E-state index in [0.717, 1.165) is 19.3 Å². The fourth-order valence-electron chi connectivity index (χ4n) is 3.87. The van der Waals surface area contributed by atoms with Gasteiger partial charge in [-0.1, -0.05) is 39.8 Å². The average Bonchev–Trinajstić information content (AvgIpc) is 2.51. The highest BCUT2D eigenvalue weighted by Crippen LogP contribution is 2.44. The predicted octanol–water partition coefficient (Wildman–Crippen LogP) is 3.64. The summed E-state index contributed by atoms with van der Waals surface area (Å²) in [6.07, 6.45) is 2.32. The molecule has 4 nitrogen and oxygen atoms in total.